The summed E-state index contributed by atoms with van der Waals surface area (Å²) >= 11 is 1.81. The molecular formula is C16H21ClN2O5S. The van der Waals surface area contributed by atoms with Gasteiger partial charge in [-0.3, -0.25) is 4.79 Å². The molecule has 0 bridgehead atoms. The minimum Gasteiger partial charge on any atom is -0.465 e. The van der Waals surface area contributed by atoms with E-state index in [2.05, 4.69) is 20.1 Å². The number of hydrogen-bond donors (Lipinski definition) is 2. The van der Waals surface area contributed by atoms with Crippen LogP contribution in [0.1, 0.15) is 27.1 Å². The Hall–Kier alpha value is -1.77. The molecule has 1 atom stereocenters. The van der Waals surface area contributed by atoms with Crippen molar-refractivity contribution >= 4 is 47.7 Å². The molecule has 1 aromatic carbocycles. The lowest BCUT2D eigenvalue weighted by molar-refractivity contribution is -0.116. The third-order valence-electron chi connectivity index (χ3n) is 3.49. The maximum atomic E-state index is 12.2. The normalized spacial score (nSPS) is 16.3. The summed E-state index contributed by atoms with van der Waals surface area (Å²) in [6, 6.07) is 4.43. The number of hydrogen-bond acceptors (Lipinski definition) is 7. The molecule has 2 N–H and O–H groups in total. The molecule has 7 nitrogen and oxygen atoms in total. The maximum Gasteiger partial charge on any atom is 0.337 e. The van der Waals surface area contributed by atoms with Crippen LogP contribution in [0.25, 0.3) is 0 Å². The minimum absolute atomic E-state index is 0. The van der Waals surface area contributed by atoms with Crippen molar-refractivity contribution < 1.29 is 23.9 Å². The Bertz CT molecular complexity index is 601. The number of carbonyl (C=O) groups is 3. The van der Waals surface area contributed by atoms with Gasteiger partial charge in [0.05, 0.1) is 25.3 Å². The Balaban J connectivity index is 0.00000312. The lowest BCUT2D eigenvalue weighted by atomic mass is 10.1. The van der Waals surface area contributed by atoms with Crippen molar-refractivity contribution in [2.45, 2.75) is 12.5 Å². The number of rotatable bonds is 5. The fourth-order valence-corrected chi connectivity index (χ4v) is 3.31. The topological polar surface area (TPSA) is 93.7 Å². The molecular weight excluding hydrogens is 368 g/mol. The molecule has 138 valence electrons. The van der Waals surface area contributed by atoms with Gasteiger partial charge in [-0.2, -0.15) is 11.8 Å². The predicted octanol–water partition coefficient (Wildman–Crippen LogP) is 1.72. The van der Waals surface area contributed by atoms with E-state index >= 15 is 0 Å². The van der Waals surface area contributed by atoms with Crippen LogP contribution in [0.15, 0.2) is 18.2 Å². The van der Waals surface area contributed by atoms with Gasteiger partial charge in [-0.1, -0.05) is 0 Å². The Morgan fingerprint density at radius 2 is 1.76 bits per heavy atom. The van der Waals surface area contributed by atoms with E-state index in [1.54, 1.807) is 11.8 Å². The molecule has 1 saturated heterocycles. The number of amides is 1. The molecule has 25 heavy (non-hydrogen) atoms. The summed E-state index contributed by atoms with van der Waals surface area (Å²) in [7, 11) is 2.50. The molecule has 1 aromatic rings. The molecule has 0 spiro atoms. The van der Waals surface area contributed by atoms with Crippen LogP contribution in [0.5, 0.6) is 0 Å². The Kier molecular flexibility index (Phi) is 8.74. The molecule has 2 rings (SSSR count). The van der Waals surface area contributed by atoms with E-state index in [1.165, 1.54) is 32.4 Å². The smallest absolute Gasteiger partial charge is 0.337 e. The quantitative estimate of drug-likeness (QED) is 0.741. The zero-order chi connectivity index (χ0) is 17.5. The molecule has 1 fully saturated rings. The van der Waals surface area contributed by atoms with E-state index in [4.69, 9.17) is 0 Å². The first kappa shape index (κ1) is 21.3. The van der Waals surface area contributed by atoms with Crippen molar-refractivity contribution in [3.8, 4) is 0 Å². The summed E-state index contributed by atoms with van der Waals surface area (Å²) < 4.78 is 9.34. The van der Waals surface area contributed by atoms with Gasteiger partial charge in [-0.15, -0.1) is 12.4 Å². The molecule has 0 radical (unpaired) electrons. The van der Waals surface area contributed by atoms with Gasteiger partial charge in [0.2, 0.25) is 5.91 Å². The van der Waals surface area contributed by atoms with E-state index in [1.807, 2.05) is 0 Å². The Labute approximate surface area is 156 Å². The summed E-state index contributed by atoms with van der Waals surface area (Å²) in [6.45, 7) is 0.882. The highest BCUT2D eigenvalue weighted by molar-refractivity contribution is 7.99. The number of methoxy groups -OCH3 is 2. The lowest BCUT2D eigenvalue weighted by Crippen LogP contribution is -2.39. The molecule has 1 unspecified atom stereocenters. The average molecular weight is 389 g/mol. The lowest BCUT2D eigenvalue weighted by Gasteiger charge is -2.22. The standard InChI is InChI=1S/C16H20N2O5S.ClH/c1-22-15(20)10-5-11(16(21)23-2)7-12(6-10)18-14(19)8-13-9-24-4-3-17-13;/h5-7,13,17H,3-4,8-9H2,1-2H3,(H,18,19);1H. The van der Waals surface area contributed by atoms with E-state index in [0.29, 0.717) is 12.1 Å². The van der Waals surface area contributed by atoms with Gasteiger partial charge < -0.3 is 20.1 Å². The zero-order valence-electron chi connectivity index (χ0n) is 14.0. The molecule has 0 aliphatic carbocycles. The summed E-state index contributed by atoms with van der Waals surface area (Å²) in [5.41, 5.74) is 0.691. The Morgan fingerprint density at radius 3 is 2.24 bits per heavy atom. The van der Waals surface area contributed by atoms with Crippen LogP contribution in [-0.2, 0) is 14.3 Å². The van der Waals surface area contributed by atoms with Gasteiger partial charge in [-0.25, -0.2) is 9.59 Å². The fourth-order valence-electron chi connectivity index (χ4n) is 2.36. The number of esters is 2. The Morgan fingerprint density at radius 1 is 1.16 bits per heavy atom. The minimum atomic E-state index is -0.596. The number of carbonyl (C=O) groups excluding carboxylic acids is 3. The largest absolute Gasteiger partial charge is 0.465 e. The van der Waals surface area contributed by atoms with Gasteiger partial charge in [-0.05, 0) is 18.2 Å². The first-order valence-electron chi connectivity index (χ1n) is 7.46. The third-order valence-corrected chi connectivity index (χ3v) is 4.62. The van der Waals surface area contributed by atoms with Crippen molar-refractivity contribution in [2.24, 2.45) is 0 Å². The third kappa shape index (κ3) is 6.22. The number of ether oxygens (including phenoxy) is 2. The van der Waals surface area contributed by atoms with Crippen molar-refractivity contribution in [1.82, 2.24) is 5.32 Å². The summed E-state index contributed by atoms with van der Waals surface area (Å²) in [5, 5.41) is 6.01. The van der Waals surface area contributed by atoms with E-state index in [0.717, 1.165) is 18.1 Å². The van der Waals surface area contributed by atoms with Crippen LogP contribution in [0.4, 0.5) is 5.69 Å². The van der Waals surface area contributed by atoms with E-state index in [-0.39, 0.29) is 35.5 Å². The number of anilines is 1. The van der Waals surface area contributed by atoms with Crippen LogP contribution in [-0.4, -0.2) is 56.2 Å². The maximum absolute atomic E-state index is 12.2. The number of halogens is 1. The number of benzene rings is 1. The second-order valence-corrected chi connectivity index (χ2v) is 6.41. The highest BCUT2D eigenvalue weighted by Crippen LogP contribution is 2.18. The molecule has 0 saturated carbocycles. The average Bonchev–Trinajstić information content (AvgIpc) is 2.60. The first-order chi connectivity index (χ1) is 11.5. The SMILES string of the molecule is COC(=O)c1cc(NC(=O)CC2CSCCN2)cc(C(=O)OC)c1.Cl. The monoisotopic (exact) mass is 388 g/mol. The van der Waals surface area contributed by atoms with Gasteiger partial charge in [0, 0.05) is 36.2 Å². The summed E-state index contributed by atoms with van der Waals surface area (Å²) in [6.07, 6.45) is 0.322. The van der Waals surface area contributed by atoms with Crippen molar-refractivity contribution in [3.05, 3.63) is 29.3 Å². The first-order valence-corrected chi connectivity index (χ1v) is 8.61. The van der Waals surface area contributed by atoms with E-state index < -0.39 is 11.9 Å². The number of nitrogens with one attached hydrogen (secondary N) is 2. The van der Waals surface area contributed by atoms with Gasteiger partial charge >= 0.3 is 11.9 Å². The van der Waals surface area contributed by atoms with Crippen LogP contribution in [0.2, 0.25) is 0 Å². The highest BCUT2D eigenvalue weighted by atomic mass is 35.5. The van der Waals surface area contributed by atoms with Crippen molar-refractivity contribution in [2.75, 3.05) is 37.6 Å². The zero-order valence-corrected chi connectivity index (χ0v) is 15.6. The van der Waals surface area contributed by atoms with Crippen molar-refractivity contribution in [1.29, 1.82) is 0 Å². The van der Waals surface area contributed by atoms with Crippen LogP contribution < -0.4 is 10.6 Å². The number of thioether (sulfide) groups is 1. The molecule has 0 aromatic heterocycles. The van der Waals surface area contributed by atoms with Crippen LogP contribution in [0, 0.1) is 0 Å². The van der Waals surface area contributed by atoms with Crippen LogP contribution >= 0.6 is 24.2 Å². The molecule has 1 aliphatic rings. The predicted molar refractivity (Wildman–Crippen MR) is 98.7 cm³/mol. The highest BCUT2D eigenvalue weighted by Gasteiger charge is 2.18. The van der Waals surface area contributed by atoms with E-state index in [9.17, 15) is 14.4 Å². The second kappa shape index (κ2) is 10.3. The second-order valence-electron chi connectivity index (χ2n) is 5.26. The van der Waals surface area contributed by atoms with Gasteiger partial charge in [0.15, 0.2) is 0 Å². The van der Waals surface area contributed by atoms with Crippen LogP contribution in [0.3, 0.4) is 0 Å². The van der Waals surface area contributed by atoms with Crippen molar-refractivity contribution in [3.63, 3.8) is 0 Å². The summed E-state index contributed by atoms with van der Waals surface area (Å²) in [4.78, 5) is 35.7. The molecule has 1 heterocycles. The summed E-state index contributed by atoms with van der Waals surface area (Å²) in [5.74, 6) is 0.543. The fraction of sp³-hybridized carbons (Fsp3) is 0.438. The van der Waals surface area contributed by atoms with Gasteiger partial charge in [0.25, 0.3) is 0 Å². The molecule has 1 aliphatic heterocycles. The molecule has 9 heteroatoms. The van der Waals surface area contributed by atoms with Gasteiger partial charge in [0.1, 0.15) is 0 Å². The molecule has 1 amide bonds.